The van der Waals surface area contributed by atoms with E-state index >= 15 is 0 Å². The molecule has 2 aromatic rings. The number of hydrogen-bond acceptors (Lipinski definition) is 7. The molecule has 112 valence electrons. The summed E-state index contributed by atoms with van der Waals surface area (Å²) in [6, 6.07) is 1.12. The second-order valence-electron chi connectivity index (χ2n) is 3.99. The Bertz CT molecular complexity index is 709. The van der Waals surface area contributed by atoms with Crippen LogP contribution in [-0.2, 0) is 17.2 Å². The second kappa shape index (κ2) is 6.40. The molecule has 0 aliphatic carbocycles. The highest BCUT2D eigenvalue weighted by molar-refractivity contribution is 6.17. The number of aromatic hydroxyl groups is 1. The second-order valence-corrected chi connectivity index (χ2v) is 4.26. The maximum atomic E-state index is 11.7. The van der Waals surface area contributed by atoms with E-state index in [0.29, 0.717) is 5.69 Å². The molecule has 1 N–H and O–H groups in total. The maximum absolute atomic E-state index is 11.7. The van der Waals surface area contributed by atoms with Crippen LogP contribution in [0.3, 0.4) is 0 Å². The number of rotatable bonds is 5. The molecule has 0 unspecified atom stereocenters. The van der Waals surface area contributed by atoms with Gasteiger partial charge in [0.1, 0.15) is 18.6 Å². The van der Waals surface area contributed by atoms with E-state index in [1.165, 1.54) is 4.68 Å². The summed E-state index contributed by atoms with van der Waals surface area (Å²) in [6.07, 6.45) is 0.932. The molecule has 2 aromatic heterocycles. The average Bonchev–Trinajstić information content (AvgIpc) is 2.86. The summed E-state index contributed by atoms with van der Waals surface area (Å²) in [5.41, 5.74) is -0.201. The molecular formula is C12H12ClN3O5. The highest BCUT2D eigenvalue weighted by Crippen LogP contribution is 2.13. The van der Waals surface area contributed by atoms with Crippen molar-refractivity contribution in [2.45, 2.75) is 19.3 Å². The first-order valence-electron chi connectivity index (χ1n) is 6.03. The third-order valence-corrected chi connectivity index (χ3v) is 2.86. The Morgan fingerprint density at radius 3 is 2.95 bits per heavy atom. The zero-order valence-electron chi connectivity index (χ0n) is 11.1. The van der Waals surface area contributed by atoms with Crippen LogP contribution in [0.15, 0.2) is 21.5 Å². The maximum Gasteiger partial charge on any atom is 0.360 e. The molecule has 0 atom stereocenters. The molecule has 0 aliphatic rings. The van der Waals surface area contributed by atoms with Gasteiger partial charge in [0.05, 0.1) is 18.2 Å². The standard InChI is InChI=1S/C12H12ClN3O5/c1-2-20-12(19)11-8(4-13)16(15-14-11)5-7-3-9(17)10(18)6-21-7/h3,6,18H,2,4-5H2,1H3. The van der Waals surface area contributed by atoms with E-state index in [1.54, 1.807) is 6.92 Å². The summed E-state index contributed by atoms with van der Waals surface area (Å²) >= 11 is 5.80. The Hall–Kier alpha value is -2.35. The molecule has 0 radical (unpaired) electrons. The number of ether oxygens (including phenoxy) is 1. The fourth-order valence-electron chi connectivity index (χ4n) is 1.62. The number of aromatic nitrogens is 3. The molecule has 0 bridgehead atoms. The van der Waals surface area contributed by atoms with E-state index < -0.39 is 17.1 Å². The van der Waals surface area contributed by atoms with E-state index in [4.69, 9.17) is 25.9 Å². The summed E-state index contributed by atoms with van der Waals surface area (Å²) < 4.78 is 11.2. The van der Waals surface area contributed by atoms with Crippen molar-refractivity contribution in [1.29, 1.82) is 0 Å². The van der Waals surface area contributed by atoms with Gasteiger partial charge in [0.25, 0.3) is 0 Å². The third-order valence-electron chi connectivity index (χ3n) is 2.61. The van der Waals surface area contributed by atoms with Crippen molar-refractivity contribution in [3.05, 3.63) is 39.7 Å². The number of esters is 1. The lowest BCUT2D eigenvalue weighted by molar-refractivity contribution is 0.0518. The third kappa shape index (κ3) is 3.22. The number of carbonyl (C=O) groups is 1. The number of hydrogen-bond donors (Lipinski definition) is 1. The molecule has 0 saturated heterocycles. The number of carbonyl (C=O) groups excluding carboxylic acids is 1. The lowest BCUT2D eigenvalue weighted by atomic mass is 10.3. The Morgan fingerprint density at radius 1 is 1.57 bits per heavy atom. The topological polar surface area (TPSA) is 107 Å². The largest absolute Gasteiger partial charge is 0.502 e. The lowest BCUT2D eigenvalue weighted by Gasteiger charge is -2.04. The van der Waals surface area contributed by atoms with Gasteiger partial charge in [-0.05, 0) is 6.92 Å². The molecule has 0 saturated carbocycles. The molecule has 0 aliphatic heterocycles. The van der Waals surface area contributed by atoms with Gasteiger partial charge in [-0.2, -0.15) is 0 Å². The monoisotopic (exact) mass is 313 g/mol. The van der Waals surface area contributed by atoms with Gasteiger partial charge in [0.2, 0.25) is 5.43 Å². The van der Waals surface area contributed by atoms with Crippen LogP contribution in [0, 0.1) is 0 Å². The Kier molecular flexibility index (Phi) is 4.59. The summed E-state index contributed by atoms with van der Waals surface area (Å²) in [4.78, 5) is 23.0. The fraction of sp³-hybridized carbons (Fsp3) is 0.333. The summed E-state index contributed by atoms with van der Waals surface area (Å²) in [7, 11) is 0. The minimum atomic E-state index is -0.619. The molecule has 2 rings (SSSR count). The van der Waals surface area contributed by atoms with Crippen LogP contribution in [-0.4, -0.2) is 32.7 Å². The van der Waals surface area contributed by atoms with Crippen LogP contribution in [0.4, 0.5) is 0 Å². The van der Waals surface area contributed by atoms with Gasteiger partial charge >= 0.3 is 5.97 Å². The Balaban J connectivity index is 2.30. The van der Waals surface area contributed by atoms with Crippen molar-refractivity contribution in [3.8, 4) is 5.75 Å². The highest BCUT2D eigenvalue weighted by atomic mass is 35.5. The minimum Gasteiger partial charge on any atom is -0.502 e. The van der Waals surface area contributed by atoms with Crippen molar-refractivity contribution in [2.24, 2.45) is 0 Å². The summed E-state index contributed by atoms with van der Waals surface area (Å²) in [5.74, 6) is -0.873. The van der Waals surface area contributed by atoms with Gasteiger partial charge in [-0.15, -0.1) is 16.7 Å². The van der Waals surface area contributed by atoms with Gasteiger partial charge in [-0.1, -0.05) is 5.21 Å². The van der Waals surface area contributed by atoms with Crippen LogP contribution >= 0.6 is 11.6 Å². The van der Waals surface area contributed by atoms with Gasteiger partial charge < -0.3 is 14.3 Å². The highest BCUT2D eigenvalue weighted by Gasteiger charge is 2.20. The van der Waals surface area contributed by atoms with E-state index in [9.17, 15) is 9.59 Å². The van der Waals surface area contributed by atoms with Crippen LogP contribution < -0.4 is 5.43 Å². The predicted octanol–water partition coefficient (Wildman–Crippen LogP) is 0.901. The van der Waals surface area contributed by atoms with Gasteiger partial charge in [-0.3, -0.25) is 4.79 Å². The molecule has 21 heavy (non-hydrogen) atoms. The first-order chi connectivity index (χ1) is 10.1. The zero-order chi connectivity index (χ0) is 15.4. The smallest absolute Gasteiger partial charge is 0.360 e. The van der Waals surface area contributed by atoms with Crippen molar-refractivity contribution in [2.75, 3.05) is 6.61 Å². The van der Waals surface area contributed by atoms with Gasteiger partial charge in [0, 0.05) is 6.07 Å². The predicted molar refractivity (Wildman–Crippen MR) is 71.3 cm³/mol. The van der Waals surface area contributed by atoms with Crippen LogP contribution in [0.2, 0.25) is 0 Å². The minimum absolute atomic E-state index is 0.0105. The van der Waals surface area contributed by atoms with E-state index in [1.807, 2.05) is 0 Å². The molecular weight excluding hydrogens is 302 g/mol. The summed E-state index contributed by atoms with van der Waals surface area (Å²) in [6.45, 7) is 1.93. The molecule has 8 nitrogen and oxygen atoms in total. The molecule has 0 amide bonds. The van der Waals surface area contributed by atoms with Crippen LogP contribution in [0.1, 0.15) is 28.9 Å². The quantitative estimate of drug-likeness (QED) is 0.645. The van der Waals surface area contributed by atoms with Crippen LogP contribution in [0.5, 0.6) is 5.75 Å². The molecule has 0 fully saturated rings. The SMILES string of the molecule is CCOC(=O)c1nnn(Cc2cc(=O)c(O)co2)c1CCl. The first kappa shape index (κ1) is 15.0. The molecule has 0 aromatic carbocycles. The first-order valence-corrected chi connectivity index (χ1v) is 6.56. The number of halogens is 1. The van der Waals surface area contributed by atoms with E-state index in [-0.39, 0.29) is 30.5 Å². The fourth-order valence-corrected chi connectivity index (χ4v) is 1.89. The molecule has 9 heteroatoms. The average molecular weight is 314 g/mol. The van der Waals surface area contributed by atoms with Crippen molar-refractivity contribution < 1.29 is 19.1 Å². The van der Waals surface area contributed by atoms with E-state index in [0.717, 1.165) is 12.3 Å². The van der Waals surface area contributed by atoms with Crippen molar-refractivity contribution in [3.63, 3.8) is 0 Å². The molecule has 2 heterocycles. The number of alkyl halides is 1. The van der Waals surface area contributed by atoms with Gasteiger partial charge in [0.15, 0.2) is 11.4 Å². The van der Waals surface area contributed by atoms with E-state index in [2.05, 4.69) is 10.3 Å². The van der Waals surface area contributed by atoms with Gasteiger partial charge in [-0.25, -0.2) is 9.48 Å². The molecule has 0 spiro atoms. The lowest BCUT2D eigenvalue weighted by Crippen LogP contribution is -2.11. The van der Waals surface area contributed by atoms with Crippen molar-refractivity contribution in [1.82, 2.24) is 15.0 Å². The number of nitrogens with zero attached hydrogens (tertiary/aromatic N) is 3. The Labute approximate surface area is 123 Å². The van der Waals surface area contributed by atoms with Crippen LogP contribution in [0.25, 0.3) is 0 Å². The van der Waals surface area contributed by atoms with Crippen molar-refractivity contribution >= 4 is 17.6 Å². The zero-order valence-corrected chi connectivity index (χ0v) is 11.8. The normalized spacial score (nSPS) is 10.6. The summed E-state index contributed by atoms with van der Waals surface area (Å²) in [5, 5.41) is 16.6. The Morgan fingerprint density at radius 2 is 2.33 bits per heavy atom.